The number of rotatable bonds is 3. The summed E-state index contributed by atoms with van der Waals surface area (Å²) in [5.41, 5.74) is 7.64. The van der Waals surface area contributed by atoms with E-state index in [1.165, 1.54) is 12.1 Å². The SMILES string of the molecule is Cc1cc(C(N)c2ccc(F)cc2F)cc([N+](=O)[O-])c1C. The van der Waals surface area contributed by atoms with Crippen molar-refractivity contribution in [2.24, 2.45) is 5.73 Å². The summed E-state index contributed by atoms with van der Waals surface area (Å²) in [5.74, 6) is -1.47. The third-order valence-electron chi connectivity index (χ3n) is 3.52. The zero-order valence-corrected chi connectivity index (χ0v) is 11.6. The molecular formula is C15H14F2N2O2. The van der Waals surface area contributed by atoms with E-state index in [0.29, 0.717) is 16.7 Å². The van der Waals surface area contributed by atoms with Crippen LogP contribution in [-0.4, -0.2) is 4.92 Å². The van der Waals surface area contributed by atoms with E-state index in [2.05, 4.69) is 0 Å². The lowest BCUT2D eigenvalue weighted by atomic mass is 9.95. The van der Waals surface area contributed by atoms with Gasteiger partial charge in [-0.1, -0.05) is 12.1 Å². The number of aryl methyl sites for hydroxylation is 1. The molecule has 0 bridgehead atoms. The molecule has 21 heavy (non-hydrogen) atoms. The number of halogens is 2. The molecule has 6 heteroatoms. The Labute approximate surface area is 120 Å². The van der Waals surface area contributed by atoms with E-state index in [1.807, 2.05) is 0 Å². The summed E-state index contributed by atoms with van der Waals surface area (Å²) in [7, 11) is 0. The van der Waals surface area contributed by atoms with Crippen LogP contribution in [0.2, 0.25) is 0 Å². The zero-order chi connectivity index (χ0) is 15.7. The van der Waals surface area contributed by atoms with Crippen molar-refractivity contribution >= 4 is 5.69 Å². The zero-order valence-electron chi connectivity index (χ0n) is 11.6. The predicted octanol–water partition coefficient (Wildman–Crippen LogP) is 3.54. The fraction of sp³-hybridized carbons (Fsp3) is 0.200. The Morgan fingerprint density at radius 1 is 1.19 bits per heavy atom. The van der Waals surface area contributed by atoms with Crippen molar-refractivity contribution in [3.8, 4) is 0 Å². The average Bonchev–Trinajstić information content (AvgIpc) is 2.40. The van der Waals surface area contributed by atoms with Gasteiger partial charge in [0, 0.05) is 23.3 Å². The molecule has 0 aliphatic rings. The Morgan fingerprint density at radius 3 is 2.43 bits per heavy atom. The van der Waals surface area contributed by atoms with Crippen LogP contribution < -0.4 is 5.73 Å². The first-order valence-corrected chi connectivity index (χ1v) is 6.27. The van der Waals surface area contributed by atoms with Gasteiger partial charge < -0.3 is 5.73 Å². The lowest BCUT2D eigenvalue weighted by Crippen LogP contribution is -2.14. The lowest BCUT2D eigenvalue weighted by molar-refractivity contribution is -0.385. The minimum Gasteiger partial charge on any atom is -0.320 e. The molecule has 4 nitrogen and oxygen atoms in total. The quantitative estimate of drug-likeness (QED) is 0.695. The molecule has 2 aromatic carbocycles. The first-order chi connectivity index (χ1) is 9.81. The van der Waals surface area contributed by atoms with Crippen molar-refractivity contribution in [3.63, 3.8) is 0 Å². The standard InChI is InChI=1S/C15H14F2N2O2/c1-8-5-10(6-14(9(8)2)19(20)21)15(18)12-4-3-11(16)7-13(12)17/h3-7,15H,18H2,1-2H3. The van der Waals surface area contributed by atoms with Crippen molar-refractivity contribution < 1.29 is 13.7 Å². The van der Waals surface area contributed by atoms with E-state index in [4.69, 9.17) is 5.73 Å². The van der Waals surface area contributed by atoms with Gasteiger partial charge >= 0.3 is 0 Å². The molecule has 0 aliphatic heterocycles. The van der Waals surface area contributed by atoms with Gasteiger partial charge in [0.2, 0.25) is 0 Å². The van der Waals surface area contributed by atoms with Crippen LogP contribution in [-0.2, 0) is 0 Å². The summed E-state index contributed by atoms with van der Waals surface area (Å²) >= 11 is 0. The molecule has 0 heterocycles. The molecule has 0 radical (unpaired) electrons. The first kappa shape index (κ1) is 15.1. The molecular weight excluding hydrogens is 278 g/mol. The van der Waals surface area contributed by atoms with Crippen molar-refractivity contribution in [2.45, 2.75) is 19.9 Å². The second-order valence-corrected chi connectivity index (χ2v) is 4.88. The maximum Gasteiger partial charge on any atom is 0.272 e. The van der Waals surface area contributed by atoms with Gasteiger partial charge in [-0.3, -0.25) is 10.1 Å². The summed E-state index contributed by atoms with van der Waals surface area (Å²) in [6.07, 6.45) is 0. The highest BCUT2D eigenvalue weighted by Gasteiger charge is 2.20. The number of nitrogens with two attached hydrogens (primary N) is 1. The maximum absolute atomic E-state index is 13.8. The monoisotopic (exact) mass is 292 g/mol. The lowest BCUT2D eigenvalue weighted by Gasteiger charge is -2.15. The van der Waals surface area contributed by atoms with Crippen LogP contribution in [0.15, 0.2) is 30.3 Å². The van der Waals surface area contributed by atoms with Crippen LogP contribution in [0.3, 0.4) is 0 Å². The van der Waals surface area contributed by atoms with E-state index < -0.39 is 22.6 Å². The van der Waals surface area contributed by atoms with E-state index in [1.54, 1.807) is 19.9 Å². The fourth-order valence-electron chi connectivity index (χ4n) is 2.17. The van der Waals surface area contributed by atoms with Crippen molar-refractivity contribution in [3.05, 3.63) is 74.3 Å². The smallest absolute Gasteiger partial charge is 0.272 e. The Hall–Kier alpha value is -2.34. The van der Waals surface area contributed by atoms with Gasteiger partial charge in [-0.15, -0.1) is 0 Å². The van der Waals surface area contributed by atoms with Gasteiger partial charge in [0.1, 0.15) is 11.6 Å². The van der Waals surface area contributed by atoms with Crippen molar-refractivity contribution in [1.29, 1.82) is 0 Å². The highest BCUT2D eigenvalue weighted by atomic mass is 19.1. The second-order valence-electron chi connectivity index (χ2n) is 4.88. The highest BCUT2D eigenvalue weighted by molar-refractivity contribution is 5.49. The average molecular weight is 292 g/mol. The first-order valence-electron chi connectivity index (χ1n) is 6.27. The molecule has 2 rings (SSSR count). The van der Waals surface area contributed by atoms with Crippen LogP contribution in [0.1, 0.15) is 28.3 Å². The highest BCUT2D eigenvalue weighted by Crippen LogP contribution is 2.29. The van der Waals surface area contributed by atoms with E-state index in [9.17, 15) is 18.9 Å². The molecule has 0 spiro atoms. The Balaban J connectivity index is 2.53. The number of hydrogen-bond acceptors (Lipinski definition) is 3. The predicted molar refractivity (Wildman–Crippen MR) is 75.0 cm³/mol. The minimum atomic E-state index is -0.899. The third-order valence-corrected chi connectivity index (χ3v) is 3.52. The summed E-state index contributed by atoms with van der Waals surface area (Å²) in [6.45, 7) is 3.36. The minimum absolute atomic E-state index is 0.0667. The number of nitro benzene ring substituents is 1. The van der Waals surface area contributed by atoms with E-state index >= 15 is 0 Å². The van der Waals surface area contributed by atoms with Crippen molar-refractivity contribution in [1.82, 2.24) is 0 Å². The van der Waals surface area contributed by atoms with Gasteiger partial charge in [-0.25, -0.2) is 8.78 Å². The third kappa shape index (κ3) is 2.90. The number of nitrogens with zero attached hydrogens (tertiary/aromatic N) is 1. The molecule has 0 aromatic heterocycles. The topological polar surface area (TPSA) is 69.2 Å². The summed E-state index contributed by atoms with van der Waals surface area (Å²) < 4.78 is 26.7. The van der Waals surface area contributed by atoms with Crippen LogP contribution in [0.25, 0.3) is 0 Å². The van der Waals surface area contributed by atoms with Gasteiger partial charge in [0.15, 0.2) is 0 Å². The number of hydrogen-bond donors (Lipinski definition) is 1. The summed E-state index contributed by atoms with van der Waals surface area (Å²) in [4.78, 5) is 10.5. The molecule has 110 valence electrons. The summed E-state index contributed by atoms with van der Waals surface area (Å²) in [6, 6.07) is 5.20. The molecule has 0 fully saturated rings. The fourth-order valence-corrected chi connectivity index (χ4v) is 2.17. The van der Waals surface area contributed by atoms with Crippen LogP contribution in [0.4, 0.5) is 14.5 Å². The molecule has 2 N–H and O–H groups in total. The Kier molecular flexibility index (Phi) is 3.99. The molecule has 0 saturated heterocycles. The van der Waals surface area contributed by atoms with Gasteiger partial charge in [0.25, 0.3) is 5.69 Å². The van der Waals surface area contributed by atoms with Crippen LogP contribution in [0.5, 0.6) is 0 Å². The summed E-state index contributed by atoms with van der Waals surface area (Å²) in [5, 5.41) is 11.0. The molecule has 0 amide bonds. The van der Waals surface area contributed by atoms with Crippen LogP contribution >= 0.6 is 0 Å². The molecule has 0 saturated carbocycles. The molecule has 1 atom stereocenters. The van der Waals surface area contributed by atoms with Gasteiger partial charge in [-0.05, 0) is 31.0 Å². The molecule has 0 aliphatic carbocycles. The van der Waals surface area contributed by atoms with Crippen LogP contribution in [0, 0.1) is 35.6 Å². The Bertz CT molecular complexity index is 717. The van der Waals surface area contributed by atoms with Crippen molar-refractivity contribution in [2.75, 3.05) is 0 Å². The number of nitro groups is 1. The van der Waals surface area contributed by atoms with E-state index in [-0.39, 0.29) is 11.3 Å². The van der Waals surface area contributed by atoms with Gasteiger partial charge in [-0.2, -0.15) is 0 Å². The van der Waals surface area contributed by atoms with Gasteiger partial charge in [0.05, 0.1) is 11.0 Å². The largest absolute Gasteiger partial charge is 0.320 e. The maximum atomic E-state index is 13.8. The molecule has 2 aromatic rings. The normalized spacial score (nSPS) is 12.2. The van der Waals surface area contributed by atoms with E-state index in [0.717, 1.165) is 12.1 Å². The second kappa shape index (κ2) is 5.57. The molecule has 1 unspecified atom stereocenters. The number of benzene rings is 2. The Morgan fingerprint density at radius 2 is 1.86 bits per heavy atom.